The molecule has 12 heavy (non-hydrogen) atoms. The van der Waals surface area contributed by atoms with E-state index in [1.54, 1.807) is 11.8 Å². The molecular formula is C9H20N2O. The van der Waals surface area contributed by atoms with Gasteiger partial charge in [-0.25, -0.2) is 0 Å². The van der Waals surface area contributed by atoms with Gasteiger partial charge in [0.2, 0.25) is 5.91 Å². The van der Waals surface area contributed by atoms with Crippen LogP contribution in [0.3, 0.4) is 0 Å². The molecule has 0 spiro atoms. The SMILES string of the molecule is CC.CC1CN(C(=O)C(C)N)C1. The van der Waals surface area contributed by atoms with Gasteiger partial charge < -0.3 is 10.6 Å². The zero-order valence-corrected chi connectivity index (χ0v) is 8.50. The summed E-state index contributed by atoms with van der Waals surface area (Å²) in [5.41, 5.74) is 5.40. The lowest BCUT2D eigenvalue weighted by atomic mass is 10.0. The van der Waals surface area contributed by atoms with Gasteiger partial charge in [0.25, 0.3) is 0 Å². The molecule has 0 saturated carbocycles. The Morgan fingerprint density at radius 1 is 1.50 bits per heavy atom. The number of amides is 1. The van der Waals surface area contributed by atoms with Crippen molar-refractivity contribution < 1.29 is 4.79 Å². The number of likely N-dealkylation sites (tertiary alicyclic amines) is 1. The topological polar surface area (TPSA) is 46.3 Å². The van der Waals surface area contributed by atoms with Crippen molar-refractivity contribution in [2.24, 2.45) is 11.7 Å². The van der Waals surface area contributed by atoms with Crippen LogP contribution in [0.15, 0.2) is 0 Å². The molecule has 0 aliphatic carbocycles. The standard InChI is InChI=1S/C7H14N2O.C2H6/c1-5-3-9(4-5)7(10)6(2)8;1-2/h5-6H,3-4,8H2,1-2H3;1-2H3. The van der Waals surface area contributed by atoms with Crippen molar-refractivity contribution >= 4 is 5.91 Å². The molecule has 1 fully saturated rings. The highest BCUT2D eigenvalue weighted by atomic mass is 16.2. The lowest BCUT2D eigenvalue weighted by Gasteiger charge is -2.38. The lowest BCUT2D eigenvalue weighted by Crippen LogP contribution is -2.53. The van der Waals surface area contributed by atoms with Gasteiger partial charge in [0.1, 0.15) is 0 Å². The van der Waals surface area contributed by atoms with Gasteiger partial charge in [-0.3, -0.25) is 4.79 Å². The van der Waals surface area contributed by atoms with E-state index in [0.717, 1.165) is 13.1 Å². The van der Waals surface area contributed by atoms with Crippen molar-refractivity contribution in [3.05, 3.63) is 0 Å². The fourth-order valence-corrected chi connectivity index (χ4v) is 1.17. The quantitative estimate of drug-likeness (QED) is 0.637. The first-order chi connectivity index (χ1) is 5.61. The van der Waals surface area contributed by atoms with Crippen LogP contribution in [0.4, 0.5) is 0 Å². The Labute approximate surface area is 74.9 Å². The van der Waals surface area contributed by atoms with E-state index in [4.69, 9.17) is 5.73 Å². The molecule has 1 heterocycles. The van der Waals surface area contributed by atoms with E-state index in [0.29, 0.717) is 5.92 Å². The second kappa shape index (κ2) is 5.14. The van der Waals surface area contributed by atoms with Gasteiger partial charge in [-0.15, -0.1) is 0 Å². The highest BCUT2D eigenvalue weighted by molar-refractivity contribution is 5.81. The number of hydrogen-bond donors (Lipinski definition) is 1. The molecule has 0 aromatic heterocycles. The third-order valence-corrected chi connectivity index (χ3v) is 1.77. The van der Waals surface area contributed by atoms with Crippen LogP contribution in [0, 0.1) is 5.92 Å². The molecule has 2 N–H and O–H groups in total. The first-order valence-electron chi connectivity index (χ1n) is 4.65. The summed E-state index contributed by atoms with van der Waals surface area (Å²) in [4.78, 5) is 12.9. The summed E-state index contributed by atoms with van der Waals surface area (Å²) in [5, 5.41) is 0. The lowest BCUT2D eigenvalue weighted by molar-refractivity contribution is -0.138. The molecular weight excluding hydrogens is 152 g/mol. The van der Waals surface area contributed by atoms with Gasteiger partial charge in [-0.1, -0.05) is 20.8 Å². The van der Waals surface area contributed by atoms with Crippen molar-refractivity contribution in [2.75, 3.05) is 13.1 Å². The molecule has 0 aromatic rings. The summed E-state index contributed by atoms with van der Waals surface area (Å²) in [5.74, 6) is 0.751. The number of nitrogens with zero attached hydrogens (tertiary/aromatic N) is 1. The van der Waals surface area contributed by atoms with Crippen molar-refractivity contribution in [1.29, 1.82) is 0 Å². The van der Waals surface area contributed by atoms with E-state index in [9.17, 15) is 4.79 Å². The van der Waals surface area contributed by atoms with Crippen LogP contribution < -0.4 is 5.73 Å². The maximum absolute atomic E-state index is 11.1. The fraction of sp³-hybridized carbons (Fsp3) is 0.889. The largest absolute Gasteiger partial charge is 0.341 e. The summed E-state index contributed by atoms with van der Waals surface area (Å²) in [6, 6.07) is -0.326. The minimum absolute atomic E-state index is 0.0816. The average molecular weight is 172 g/mol. The number of carbonyl (C=O) groups is 1. The van der Waals surface area contributed by atoms with Crippen LogP contribution in [-0.4, -0.2) is 29.9 Å². The number of carbonyl (C=O) groups excluding carboxylic acids is 1. The number of nitrogens with two attached hydrogens (primary N) is 1. The molecule has 1 aliphatic rings. The fourth-order valence-electron chi connectivity index (χ4n) is 1.17. The summed E-state index contributed by atoms with van der Waals surface area (Å²) < 4.78 is 0. The molecule has 1 amide bonds. The zero-order valence-electron chi connectivity index (χ0n) is 8.50. The minimum atomic E-state index is -0.326. The minimum Gasteiger partial charge on any atom is -0.341 e. The Kier molecular flexibility index (Phi) is 4.90. The molecule has 1 unspecified atom stereocenters. The zero-order chi connectivity index (χ0) is 9.72. The molecule has 3 heteroatoms. The molecule has 1 aliphatic heterocycles. The van der Waals surface area contributed by atoms with E-state index >= 15 is 0 Å². The highest BCUT2D eigenvalue weighted by Gasteiger charge is 2.28. The summed E-state index contributed by atoms with van der Waals surface area (Å²) in [6.45, 7) is 9.64. The van der Waals surface area contributed by atoms with Crippen LogP contribution in [0.5, 0.6) is 0 Å². The number of hydrogen-bond acceptors (Lipinski definition) is 2. The summed E-state index contributed by atoms with van der Waals surface area (Å²) in [7, 11) is 0. The Balaban J connectivity index is 0.000000561. The van der Waals surface area contributed by atoms with Gasteiger partial charge in [0.15, 0.2) is 0 Å². The van der Waals surface area contributed by atoms with E-state index in [1.165, 1.54) is 0 Å². The van der Waals surface area contributed by atoms with Gasteiger partial charge >= 0.3 is 0 Å². The normalized spacial score (nSPS) is 18.9. The van der Waals surface area contributed by atoms with Crippen LogP contribution in [-0.2, 0) is 4.79 Å². The summed E-state index contributed by atoms with van der Waals surface area (Å²) >= 11 is 0. The highest BCUT2D eigenvalue weighted by Crippen LogP contribution is 2.14. The van der Waals surface area contributed by atoms with E-state index < -0.39 is 0 Å². The second-order valence-electron chi connectivity index (χ2n) is 3.14. The van der Waals surface area contributed by atoms with Crippen molar-refractivity contribution in [3.8, 4) is 0 Å². The Morgan fingerprint density at radius 3 is 2.17 bits per heavy atom. The van der Waals surface area contributed by atoms with Crippen molar-refractivity contribution in [1.82, 2.24) is 4.90 Å². The average Bonchev–Trinajstić information content (AvgIpc) is 2.01. The van der Waals surface area contributed by atoms with Crippen LogP contribution in [0.25, 0.3) is 0 Å². The first-order valence-corrected chi connectivity index (χ1v) is 4.65. The number of rotatable bonds is 1. The maximum atomic E-state index is 11.1. The predicted molar refractivity (Wildman–Crippen MR) is 50.7 cm³/mol. The Bertz CT molecular complexity index is 139. The van der Waals surface area contributed by atoms with E-state index in [-0.39, 0.29) is 11.9 Å². The van der Waals surface area contributed by atoms with E-state index in [2.05, 4.69) is 6.92 Å². The molecule has 3 nitrogen and oxygen atoms in total. The Hall–Kier alpha value is -0.570. The Morgan fingerprint density at radius 2 is 1.92 bits per heavy atom. The first kappa shape index (κ1) is 11.4. The van der Waals surface area contributed by atoms with Crippen molar-refractivity contribution in [3.63, 3.8) is 0 Å². The smallest absolute Gasteiger partial charge is 0.239 e. The summed E-state index contributed by atoms with van der Waals surface area (Å²) in [6.07, 6.45) is 0. The van der Waals surface area contributed by atoms with Gasteiger partial charge in [-0.05, 0) is 12.8 Å². The third-order valence-electron chi connectivity index (χ3n) is 1.77. The van der Waals surface area contributed by atoms with Crippen LogP contribution in [0.2, 0.25) is 0 Å². The maximum Gasteiger partial charge on any atom is 0.239 e. The monoisotopic (exact) mass is 172 g/mol. The molecule has 0 bridgehead atoms. The molecule has 72 valence electrons. The van der Waals surface area contributed by atoms with Gasteiger partial charge in [-0.2, -0.15) is 0 Å². The molecule has 1 atom stereocenters. The third kappa shape index (κ3) is 2.81. The van der Waals surface area contributed by atoms with Gasteiger partial charge in [0, 0.05) is 13.1 Å². The molecule has 1 saturated heterocycles. The molecule has 1 rings (SSSR count). The van der Waals surface area contributed by atoms with Crippen LogP contribution in [0.1, 0.15) is 27.7 Å². The van der Waals surface area contributed by atoms with Gasteiger partial charge in [0.05, 0.1) is 6.04 Å². The molecule has 0 radical (unpaired) electrons. The second-order valence-corrected chi connectivity index (χ2v) is 3.14. The predicted octanol–water partition coefficient (Wildman–Crippen LogP) is 0.838. The van der Waals surface area contributed by atoms with Crippen molar-refractivity contribution in [2.45, 2.75) is 33.7 Å². The van der Waals surface area contributed by atoms with E-state index in [1.807, 2.05) is 13.8 Å². The van der Waals surface area contributed by atoms with Crippen LogP contribution >= 0.6 is 0 Å². The molecule has 0 aromatic carbocycles.